The Bertz CT molecular complexity index is 745. The molecule has 0 aliphatic heterocycles. The summed E-state index contributed by atoms with van der Waals surface area (Å²) < 4.78 is 0. The lowest BCUT2D eigenvalue weighted by atomic mass is 9.99. The number of halogens is 1. The fraction of sp³-hybridized carbons (Fsp3) is 0.400. The number of hydrogen-bond acceptors (Lipinski definition) is 3. The summed E-state index contributed by atoms with van der Waals surface area (Å²) in [4.78, 5) is 25.3. The number of amides is 1. The maximum Gasteiger partial charge on any atom is 0.317 e. The van der Waals surface area contributed by atoms with Gasteiger partial charge in [-0.05, 0) is 43.1 Å². The largest absolute Gasteiger partial charge is 0.480 e. The highest BCUT2D eigenvalue weighted by Crippen LogP contribution is 2.24. The van der Waals surface area contributed by atoms with Gasteiger partial charge in [-0.2, -0.15) is 0 Å². The summed E-state index contributed by atoms with van der Waals surface area (Å²) in [6.45, 7) is 6.12. The summed E-state index contributed by atoms with van der Waals surface area (Å²) in [6.07, 6.45) is 0.795. The van der Waals surface area contributed by atoms with Crippen LogP contribution in [0, 0.1) is 0 Å². The lowest BCUT2D eigenvalue weighted by molar-refractivity contribution is -0.139. The number of aliphatic carboxylic acids is 1. The first kappa shape index (κ1) is 21.9. The number of carbonyl (C=O) groups is 2. The van der Waals surface area contributed by atoms with Gasteiger partial charge in [-0.1, -0.05) is 49.4 Å². The van der Waals surface area contributed by atoms with Gasteiger partial charge in [0.1, 0.15) is 0 Å². The average Bonchev–Trinajstić information content (AvgIpc) is 2.59. The fourth-order valence-electron chi connectivity index (χ4n) is 3.08. The molecule has 2 rings (SSSR count). The van der Waals surface area contributed by atoms with E-state index in [0.717, 1.165) is 22.8 Å². The highest BCUT2D eigenvalue weighted by atomic mass is 35.5. The van der Waals surface area contributed by atoms with Crippen LogP contribution in [0.15, 0.2) is 42.5 Å². The second-order valence-electron chi connectivity index (χ2n) is 6.34. The van der Waals surface area contributed by atoms with E-state index in [0.29, 0.717) is 6.54 Å². The number of benzene rings is 2. The van der Waals surface area contributed by atoms with Crippen LogP contribution in [0.3, 0.4) is 0 Å². The zero-order chi connectivity index (χ0) is 18.4. The number of carbonyl (C=O) groups excluding carboxylic acids is 1. The summed E-state index contributed by atoms with van der Waals surface area (Å²) in [7, 11) is 0. The van der Waals surface area contributed by atoms with Gasteiger partial charge in [0.15, 0.2) is 0 Å². The third-order valence-corrected chi connectivity index (χ3v) is 4.42. The number of carboxylic acid groups (broad SMARTS) is 1. The van der Waals surface area contributed by atoms with E-state index >= 15 is 0 Å². The molecule has 5 nitrogen and oxygen atoms in total. The normalized spacial score (nSPS) is 13.1. The molecular formula is C20H27ClN2O3. The molecule has 1 amide bonds. The van der Waals surface area contributed by atoms with Gasteiger partial charge in [-0.25, -0.2) is 0 Å². The van der Waals surface area contributed by atoms with Crippen molar-refractivity contribution in [2.45, 2.75) is 39.3 Å². The second-order valence-corrected chi connectivity index (χ2v) is 6.34. The van der Waals surface area contributed by atoms with Gasteiger partial charge in [0.2, 0.25) is 5.91 Å². The Balaban J connectivity index is 0.00000338. The predicted octanol–water partition coefficient (Wildman–Crippen LogP) is 3.62. The first-order valence-corrected chi connectivity index (χ1v) is 8.68. The van der Waals surface area contributed by atoms with Crippen LogP contribution in [0.5, 0.6) is 0 Å². The van der Waals surface area contributed by atoms with Crippen molar-refractivity contribution in [3.63, 3.8) is 0 Å². The molecule has 142 valence electrons. The van der Waals surface area contributed by atoms with Crippen LogP contribution in [0.4, 0.5) is 0 Å². The molecule has 26 heavy (non-hydrogen) atoms. The third-order valence-electron chi connectivity index (χ3n) is 4.42. The molecule has 0 radical (unpaired) electrons. The van der Waals surface area contributed by atoms with Crippen molar-refractivity contribution < 1.29 is 14.7 Å². The van der Waals surface area contributed by atoms with Gasteiger partial charge in [0.05, 0.1) is 18.6 Å². The standard InChI is InChI=1S/C20H26N2O3.ClH/c1-4-12-22(13-19(23)24)15(3)20(25)21-14(2)17-11-7-9-16-8-5-6-10-18(16)17;/h5-11,14-15H,4,12-13H2,1-3H3,(H,21,25)(H,23,24);1H. The molecule has 0 spiro atoms. The fourth-order valence-corrected chi connectivity index (χ4v) is 3.08. The Morgan fingerprint density at radius 1 is 1.12 bits per heavy atom. The van der Waals surface area contributed by atoms with Gasteiger partial charge in [0.25, 0.3) is 0 Å². The highest BCUT2D eigenvalue weighted by Gasteiger charge is 2.24. The minimum Gasteiger partial charge on any atom is -0.480 e. The Morgan fingerprint density at radius 2 is 1.77 bits per heavy atom. The van der Waals surface area contributed by atoms with Crippen LogP contribution >= 0.6 is 12.4 Å². The molecule has 0 bridgehead atoms. The monoisotopic (exact) mass is 378 g/mol. The zero-order valence-electron chi connectivity index (χ0n) is 15.4. The smallest absolute Gasteiger partial charge is 0.317 e. The van der Waals surface area contributed by atoms with E-state index in [1.54, 1.807) is 11.8 Å². The summed E-state index contributed by atoms with van der Waals surface area (Å²) in [5.41, 5.74) is 1.05. The highest BCUT2D eigenvalue weighted by molar-refractivity contribution is 5.87. The summed E-state index contributed by atoms with van der Waals surface area (Å²) in [5, 5.41) is 14.3. The molecule has 0 fully saturated rings. The van der Waals surface area contributed by atoms with Crippen LogP contribution in [0.2, 0.25) is 0 Å². The van der Waals surface area contributed by atoms with Crippen molar-refractivity contribution in [3.05, 3.63) is 48.0 Å². The quantitative estimate of drug-likeness (QED) is 0.736. The number of fused-ring (bicyclic) bond motifs is 1. The topological polar surface area (TPSA) is 69.6 Å². The molecule has 0 saturated heterocycles. The zero-order valence-corrected chi connectivity index (χ0v) is 16.3. The van der Waals surface area contributed by atoms with Crippen LogP contribution in [0.25, 0.3) is 10.8 Å². The number of nitrogens with one attached hydrogen (secondary N) is 1. The van der Waals surface area contributed by atoms with Gasteiger partial charge in [-0.3, -0.25) is 14.5 Å². The van der Waals surface area contributed by atoms with Crippen molar-refractivity contribution in [1.29, 1.82) is 0 Å². The molecule has 0 aliphatic carbocycles. The van der Waals surface area contributed by atoms with E-state index in [-0.39, 0.29) is 30.9 Å². The van der Waals surface area contributed by atoms with Crippen LogP contribution in [0.1, 0.15) is 38.8 Å². The van der Waals surface area contributed by atoms with Gasteiger partial charge in [0, 0.05) is 0 Å². The lowest BCUT2D eigenvalue weighted by Gasteiger charge is -2.27. The maximum atomic E-state index is 12.6. The van der Waals surface area contributed by atoms with E-state index in [2.05, 4.69) is 5.32 Å². The average molecular weight is 379 g/mol. The SMILES string of the molecule is CCCN(CC(=O)O)C(C)C(=O)NC(C)c1cccc2ccccc12.Cl. The lowest BCUT2D eigenvalue weighted by Crippen LogP contribution is -2.47. The molecule has 0 aliphatic rings. The Kier molecular flexibility index (Phi) is 8.55. The minimum atomic E-state index is -0.921. The van der Waals surface area contributed by atoms with Gasteiger partial charge in [-0.15, -0.1) is 12.4 Å². The van der Waals surface area contributed by atoms with E-state index in [1.807, 2.05) is 56.3 Å². The van der Waals surface area contributed by atoms with Crippen LogP contribution in [-0.4, -0.2) is 41.0 Å². The molecule has 2 unspecified atom stereocenters. The minimum absolute atomic E-state index is 0. The molecule has 6 heteroatoms. The van der Waals surface area contributed by atoms with Crippen LogP contribution in [-0.2, 0) is 9.59 Å². The Labute approximate surface area is 160 Å². The molecular weight excluding hydrogens is 352 g/mol. The molecule has 0 aromatic heterocycles. The van der Waals surface area contributed by atoms with Crippen molar-refractivity contribution in [3.8, 4) is 0 Å². The summed E-state index contributed by atoms with van der Waals surface area (Å²) in [5.74, 6) is -1.08. The van der Waals surface area contributed by atoms with Crippen molar-refractivity contribution in [1.82, 2.24) is 10.2 Å². The Morgan fingerprint density at radius 3 is 2.42 bits per heavy atom. The van der Waals surface area contributed by atoms with Crippen molar-refractivity contribution in [2.75, 3.05) is 13.1 Å². The van der Waals surface area contributed by atoms with Crippen molar-refractivity contribution >= 4 is 35.1 Å². The van der Waals surface area contributed by atoms with Crippen molar-refractivity contribution in [2.24, 2.45) is 0 Å². The number of carboxylic acids is 1. The Hall–Kier alpha value is -2.11. The number of nitrogens with zero attached hydrogens (tertiary/aromatic N) is 1. The number of hydrogen-bond donors (Lipinski definition) is 2. The van der Waals surface area contributed by atoms with E-state index < -0.39 is 12.0 Å². The molecule has 0 saturated carbocycles. The van der Waals surface area contributed by atoms with E-state index in [1.165, 1.54) is 0 Å². The van der Waals surface area contributed by atoms with Gasteiger partial charge >= 0.3 is 5.97 Å². The molecule has 2 aromatic carbocycles. The third kappa shape index (κ3) is 5.44. The second kappa shape index (κ2) is 10.1. The molecule has 2 N–H and O–H groups in total. The summed E-state index contributed by atoms with van der Waals surface area (Å²) >= 11 is 0. The van der Waals surface area contributed by atoms with Gasteiger partial charge < -0.3 is 10.4 Å². The summed E-state index contributed by atoms with van der Waals surface area (Å²) in [6, 6.07) is 13.5. The molecule has 0 heterocycles. The maximum absolute atomic E-state index is 12.6. The van der Waals surface area contributed by atoms with Crippen LogP contribution < -0.4 is 5.32 Å². The first-order chi connectivity index (χ1) is 11.9. The number of rotatable bonds is 8. The molecule has 2 aromatic rings. The van der Waals surface area contributed by atoms with E-state index in [9.17, 15) is 9.59 Å². The predicted molar refractivity (Wildman–Crippen MR) is 107 cm³/mol. The first-order valence-electron chi connectivity index (χ1n) is 8.68. The molecule has 2 atom stereocenters. The van der Waals surface area contributed by atoms with E-state index in [4.69, 9.17) is 5.11 Å².